The summed E-state index contributed by atoms with van der Waals surface area (Å²) in [5, 5.41) is 7.81. The Balaban J connectivity index is 0.00000364. The first-order valence-electron chi connectivity index (χ1n) is 9.07. The van der Waals surface area contributed by atoms with E-state index in [1.165, 1.54) is 4.88 Å². The molecule has 1 heterocycles. The molecule has 0 aliphatic heterocycles. The Labute approximate surface area is 184 Å². The van der Waals surface area contributed by atoms with Crippen molar-refractivity contribution in [1.82, 2.24) is 15.6 Å². The molecule has 0 amide bonds. The van der Waals surface area contributed by atoms with E-state index in [1.807, 2.05) is 32.0 Å². The average molecular weight is 502 g/mol. The zero-order chi connectivity index (χ0) is 18.9. The lowest BCUT2D eigenvalue weighted by Gasteiger charge is -2.15. The molecular weight excluding hydrogens is 471 g/mol. The van der Waals surface area contributed by atoms with Crippen molar-refractivity contribution in [3.05, 3.63) is 45.4 Å². The van der Waals surface area contributed by atoms with Crippen molar-refractivity contribution >= 4 is 41.3 Å². The number of hydrogen-bond donors (Lipinski definition) is 2. The number of aliphatic imine (C=N–C) groups is 1. The lowest BCUT2D eigenvalue weighted by molar-refractivity contribution is 0.286. The van der Waals surface area contributed by atoms with Crippen molar-refractivity contribution in [2.75, 3.05) is 13.7 Å². The minimum Gasteiger partial charge on any atom is -0.493 e. The van der Waals surface area contributed by atoms with Gasteiger partial charge in [0.1, 0.15) is 5.75 Å². The summed E-state index contributed by atoms with van der Waals surface area (Å²) < 4.78 is 5.95. The molecule has 1 aromatic heterocycles. The first-order chi connectivity index (χ1) is 12.5. The molecule has 7 heteroatoms. The number of aryl methyl sites for hydroxylation is 2. The Morgan fingerprint density at radius 2 is 1.89 bits per heavy atom. The summed E-state index contributed by atoms with van der Waals surface area (Å²) in [4.78, 5) is 10.0. The van der Waals surface area contributed by atoms with Gasteiger partial charge in [-0.15, -0.1) is 35.3 Å². The molecule has 2 rings (SSSR count). The third-order valence-corrected chi connectivity index (χ3v) is 5.08. The number of nitrogens with zero attached hydrogens (tertiary/aromatic N) is 2. The Morgan fingerprint density at radius 3 is 2.52 bits per heavy atom. The lowest BCUT2D eigenvalue weighted by Crippen LogP contribution is -2.36. The van der Waals surface area contributed by atoms with Gasteiger partial charge in [0, 0.05) is 24.0 Å². The highest BCUT2D eigenvalue weighted by atomic mass is 127. The maximum Gasteiger partial charge on any atom is 0.191 e. The van der Waals surface area contributed by atoms with Crippen LogP contribution in [0.1, 0.15) is 41.4 Å². The van der Waals surface area contributed by atoms with Gasteiger partial charge in [0.25, 0.3) is 0 Å². The number of benzene rings is 1. The molecule has 0 unspecified atom stereocenters. The zero-order valence-corrected chi connectivity index (χ0v) is 20.0. The molecule has 0 atom stereocenters. The topological polar surface area (TPSA) is 58.5 Å². The predicted molar refractivity (Wildman–Crippen MR) is 125 cm³/mol. The normalized spacial score (nSPS) is 11.3. The van der Waals surface area contributed by atoms with Gasteiger partial charge in [-0.05, 0) is 32.3 Å². The van der Waals surface area contributed by atoms with Crippen LogP contribution in [0.15, 0.2) is 29.3 Å². The van der Waals surface area contributed by atoms with Gasteiger partial charge in [-0.1, -0.05) is 32.0 Å². The van der Waals surface area contributed by atoms with Gasteiger partial charge >= 0.3 is 0 Å². The molecule has 27 heavy (non-hydrogen) atoms. The van der Waals surface area contributed by atoms with Crippen LogP contribution >= 0.6 is 35.3 Å². The molecule has 0 saturated carbocycles. The number of para-hydroxylation sites is 1. The van der Waals surface area contributed by atoms with Gasteiger partial charge in [-0.3, -0.25) is 4.99 Å². The van der Waals surface area contributed by atoms with E-state index >= 15 is 0 Å². The van der Waals surface area contributed by atoms with E-state index in [1.54, 1.807) is 18.4 Å². The second-order valence-corrected chi connectivity index (χ2v) is 7.95. The molecule has 5 nitrogen and oxygen atoms in total. The van der Waals surface area contributed by atoms with E-state index in [4.69, 9.17) is 4.74 Å². The number of thiazole rings is 1. The van der Waals surface area contributed by atoms with Crippen LogP contribution in [0, 0.1) is 19.8 Å². The van der Waals surface area contributed by atoms with Crippen molar-refractivity contribution in [3.8, 4) is 5.75 Å². The summed E-state index contributed by atoms with van der Waals surface area (Å²) in [5.74, 6) is 2.35. The van der Waals surface area contributed by atoms with Crippen LogP contribution in [0.5, 0.6) is 5.75 Å². The van der Waals surface area contributed by atoms with Gasteiger partial charge in [0.15, 0.2) is 5.96 Å². The molecule has 150 valence electrons. The molecule has 0 bridgehead atoms. The third-order valence-electron chi connectivity index (χ3n) is 4.01. The van der Waals surface area contributed by atoms with Gasteiger partial charge < -0.3 is 15.4 Å². The number of halogens is 1. The molecule has 0 aliphatic rings. The number of aromatic nitrogens is 1. The molecule has 0 fully saturated rings. The van der Waals surface area contributed by atoms with E-state index in [9.17, 15) is 0 Å². The Bertz CT molecular complexity index is 731. The van der Waals surface area contributed by atoms with E-state index < -0.39 is 0 Å². The van der Waals surface area contributed by atoms with Crippen molar-refractivity contribution in [1.29, 1.82) is 0 Å². The summed E-state index contributed by atoms with van der Waals surface area (Å²) in [6.45, 7) is 10.6. The fourth-order valence-electron chi connectivity index (χ4n) is 2.50. The van der Waals surface area contributed by atoms with Crippen LogP contribution in [0.3, 0.4) is 0 Å². The summed E-state index contributed by atoms with van der Waals surface area (Å²) in [5.41, 5.74) is 2.21. The monoisotopic (exact) mass is 502 g/mol. The standard InChI is InChI=1S/C20H30N4OS.HI/c1-14(2)10-11-25-18-9-7-6-8-17(18)12-22-20(21-5)23-13-19-15(3)24-16(4)26-19;/h6-9,14H,10-13H2,1-5H3,(H2,21,22,23);1H. The second kappa shape index (κ2) is 12.2. The van der Waals surface area contributed by atoms with Crippen molar-refractivity contribution in [2.24, 2.45) is 10.9 Å². The van der Waals surface area contributed by atoms with E-state index in [-0.39, 0.29) is 24.0 Å². The van der Waals surface area contributed by atoms with Crippen LogP contribution < -0.4 is 15.4 Å². The molecule has 0 aliphatic carbocycles. The number of ether oxygens (including phenoxy) is 1. The number of rotatable bonds is 8. The summed E-state index contributed by atoms with van der Waals surface area (Å²) in [6, 6.07) is 8.15. The lowest BCUT2D eigenvalue weighted by atomic mass is 10.1. The number of hydrogen-bond acceptors (Lipinski definition) is 4. The van der Waals surface area contributed by atoms with Crippen LogP contribution in [-0.2, 0) is 13.1 Å². The van der Waals surface area contributed by atoms with Crippen LogP contribution in [0.25, 0.3) is 0 Å². The quantitative estimate of drug-likeness (QED) is 0.313. The Kier molecular flexibility index (Phi) is 10.7. The second-order valence-electron chi connectivity index (χ2n) is 6.66. The Hall–Kier alpha value is -1.35. The fraction of sp³-hybridized carbons (Fsp3) is 0.500. The molecule has 1 aromatic carbocycles. The molecule has 2 N–H and O–H groups in total. The van der Waals surface area contributed by atoms with E-state index in [0.29, 0.717) is 12.5 Å². The highest BCUT2D eigenvalue weighted by Crippen LogP contribution is 2.19. The summed E-state index contributed by atoms with van der Waals surface area (Å²) in [6.07, 6.45) is 1.05. The van der Waals surface area contributed by atoms with Crippen LogP contribution in [0.4, 0.5) is 0 Å². The van der Waals surface area contributed by atoms with Crippen molar-refractivity contribution < 1.29 is 4.74 Å². The van der Waals surface area contributed by atoms with Crippen molar-refractivity contribution in [3.63, 3.8) is 0 Å². The molecule has 0 spiro atoms. The minimum atomic E-state index is 0. The highest BCUT2D eigenvalue weighted by molar-refractivity contribution is 14.0. The Morgan fingerprint density at radius 1 is 1.19 bits per heavy atom. The van der Waals surface area contributed by atoms with E-state index in [2.05, 4.69) is 40.5 Å². The van der Waals surface area contributed by atoms with Gasteiger partial charge in [-0.2, -0.15) is 0 Å². The van der Waals surface area contributed by atoms with Gasteiger partial charge in [0.05, 0.1) is 23.9 Å². The predicted octanol–water partition coefficient (Wildman–Crippen LogP) is 4.67. The molecule has 2 aromatic rings. The van der Waals surface area contributed by atoms with Crippen LogP contribution in [0.2, 0.25) is 0 Å². The molecular formula is C20H31IN4OS. The summed E-state index contributed by atoms with van der Waals surface area (Å²) in [7, 11) is 1.78. The largest absolute Gasteiger partial charge is 0.493 e. The fourth-order valence-corrected chi connectivity index (χ4v) is 3.37. The first-order valence-corrected chi connectivity index (χ1v) is 9.89. The minimum absolute atomic E-state index is 0. The van der Waals surface area contributed by atoms with Crippen LogP contribution in [-0.4, -0.2) is 24.6 Å². The summed E-state index contributed by atoms with van der Waals surface area (Å²) >= 11 is 1.72. The van der Waals surface area contributed by atoms with Crippen molar-refractivity contribution in [2.45, 2.75) is 47.2 Å². The van der Waals surface area contributed by atoms with Gasteiger partial charge in [-0.25, -0.2) is 4.98 Å². The molecule has 0 radical (unpaired) electrons. The SMILES string of the molecule is CN=C(NCc1ccccc1OCCC(C)C)NCc1sc(C)nc1C.I. The average Bonchev–Trinajstić information content (AvgIpc) is 2.93. The maximum atomic E-state index is 5.95. The number of nitrogens with one attached hydrogen (secondary N) is 2. The smallest absolute Gasteiger partial charge is 0.191 e. The third kappa shape index (κ3) is 8.04. The van der Waals surface area contributed by atoms with E-state index in [0.717, 1.165) is 47.5 Å². The maximum absolute atomic E-state index is 5.95. The molecule has 0 saturated heterocycles. The first kappa shape index (κ1) is 23.7. The number of guanidine groups is 1. The van der Waals surface area contributed by atoms with Gasteiger partial charge in [0.2, 0.25) is 0 Å². The zero-order valence-electron chi connectivity index (χ0n) is 16.8. The highest BCUT2D eigenvalue weighted by Gasteiger charge is 2.08.